The lowest BCUT2D eigenvalue weighted by atomic mass is 10.1. The molecule has 3 nitrogen and oxygen atoms in total. The van der Waals surface area contributed by atoms with Gasteiger partial charge >= 0.3 is 0 Å². The standard InChI is InChI=1S/C11H13ClN2O/c1-11(2)6-14-10(15-11)8-4-3-7(12)5-9(8)13/h3-5H,6,13H2,1-2H3. The fourth-order valence-electron chi connectivity index (χ4n) is 1.46. The zero-order valence-electron chi connectivity index (χ0n) is 8.75. The summed E-state index contributed by atoms with van der Waals surface area (Å²) in [5.74, 6) is 0.606. The number of ether oxygens (including phenoxy) is 1. The summed E-state index contributed by atoms with van der Waals surface area (Å²) in [7, 11) is 0. The van der Waals surface area contributed by atoms with Crippen LogP contribution in [0.15, 0.2) is 23.2 Å². The predicted octanol–water partition coefficient (Wildman–Crippen LogP) is 2.48. The van der Waals surface area contributed by atoms with Gasteiger partial charge in [0.05, 0.1) is 12.1 Å². The van der Waals surface area contributed by atoms with E-state index in [1.165, 1.54) is 0 Å². The van der Waals surface area contributed by atoms with E-state index in [2.05, 4.69) is 4.99 Å². The number of anilines is 1. The van der Waals surface area contributed by atoms with Crippen LogP contribution in [0.2, 0.25) is 5.02 Å². The molecule has 1 aromatic carbocycles. The Morgan fingerprint density at radius 2 is 2.20 bits per heavy atom. The lowest BCUT2D eigenvalue weighted by Crippen LogP contribution is -2.24. The van der Waals surface area contributed by atoms with Crippen molar-refractivity contribution in [2.75, 3.05) is 12.3 Å². The molecule has 0 saturated carbocycles. The van der Waals surface area contributed by atoms with Crippen LogP contribution in [0.25, 0.3) is 0 Å². The molecule has 0 fully saturated rings. The third-order valence-electron chi connectivity index (χ3n) is 2.22. The third kappa shape index (κ3) is 2.07. The molecule has 1 aliphatic rings. The summed E-state index contributed by atoms with van der Waals surface area (Å²) >= 11 is 5.82. The Labute approximate surface area is 93.9 Å². The van der Waals surface area contributed by atoms with Crippen LogP contribution in [-0.4, -0.2) is 18.0 Å². The quantitative estimate of drug-likeness (QED) is 0.745. The smallest absolute Gasteiger partial charge is 0.218 e. The number of aliphatic imine (C=N–C) groups is 1. The van der Waals surface area contributed by atoms with Gasteiger partial charge in [0.15, 0.2) is 0 Å². The van der Waals surface area contributed by atoms with E-state index < -0.39 is 0 Å². The number of halogens is 1. The Balaban J connectivity index is 2.32. The molecule has 80 valence electrons. The average Bonchev–Trinajstić information content (AvgIpc) is 2.46. The minimum atomic E-state index is -0.235. The zero-order valence-corrected chi connectivity index (χ0v) is 9.51. The van der Waals surface area contributed by atoms with Gasteiger partial charge in [-0.25, -0.2) is 4.99 Å². The van der Waals surface area contributed by atoms with E-state index in [1.807, 2.05) is 19.9 Å². The number of hydrogen-bond acceptors (Lipinski definition) is 3. The maximum atomic E-state index is 5.84. The lowest BCUT2D eigenvalue weighted by molar-refractivity contribution is 0.131. The molecule has 4 heteroatoms. The van der Waals surface area contributed by atoms with Gasteiger partial charge in [-0.1, -0.05) is 11.6 Å². The minimum absolute atomic E-state index is 0.235. The van der Waals surface area contributed by atoms with Crippen molar-refractivity contribution in [1.82, 2.24) is 0 Å². The Morgan fingerprint density at radius 1 is 1.47 bits per heavy atom. The van der Waals surface area contributed by atoms with E-state index >= 15 is 0 Å². The fourth-order valence-corrected chi connectivity index (χ4v) is 1.64. The van der Waals surface area contributed by atoms with Crippen LogP contribution in [0.4, 0.5) is 5.69 Å². The summed E-state index contributed by atoms with van der Waals surface area (Å²) in [5.41, 5.74) is 7.02. The highest BCUT2D eigenvalue weighted by atomic mass is 35.5. The molecule has 2 N–H and O–H groups in total. The first-order chi connectivity index (χ1) is 6.98. The van der Waals surface area contributed by atoms with Gasteiger partial charge in [0, 0.05) is 10.7 Å². The highest BCUT2D eigenvalue weighted by Gasteiger charge is 2.28. The second-order valence-corrected chi connectivity index (χ2v) is 4.65. The average molecular weight is 225 g/mol. The summed E-state index contributed by atoms with van der Waals surface area (Å²) in [6, 6.07) is 5.32. The molecular weight excluding hydrogens is 212 g/mol. The minimum Gasteiger partial charge on any atom is -0.469 e. The number of nitrogens with zero attached hydrogens (tertiary/aromatic N) is 1. The Hall–Kier alpha value is -1.22. The third-order valence-corrected chi connectivity index (χ3v) is 2.46. The van der Waals surface area contributed by atoms with Crippen molar-refractivity contribution >= 4 is 23.2 Å². The van der Waals surface area contributed by atoms with E-state index in [9.17, 15) is 0 Å². The Morgan fingerprint density at radius 3 is 2.73 bits per heavy atom. The van der Waals surface area contributed by atoms with Gasteiger partial charge in [-0.05, 0) is 32.0 Å². The van der Waals surface area contributed by atoms with Gasteiger partial charge in [0.25, 0.3) is 0 Å². The molecule has 1 aromatic rings. The summed E-state index contributed by atoms with van der Waals surface area (Å²) in [6.07, 6.45) is 0. The molecule has 0 aliphatic carbocycles. The van der Waals surface area contributed by atoms with E-state index in [1.54, 1.807) is 12.1 Å². The Bertz CT molecular complexity index is 427. The highest BCUT2D eigenvalue weighted by molar-refractivity contribution is 6.31. The summed E-state index contributed by atoms with van der Waals surface area (Å²) in [5, 5.41) is 0.620. The van der Waals surface area contributed by atoms with Gasteiger partial charge in [-0.3, -0.25) is 0 Å². The molecule has 0 unspecified atom stereocenters. The van der Waals surface area contributed by atoms with Crippen molar-refractivity contribution in [2.45, 2.75) is 19.4 Å². The van der Waals surface area contributed by atoms with Crippen LogP contribution in [-0.2, 0) is 4.74 Å². The maximum Gasteiger partial charge on any atom is 0.218 e. The van der Waals surface area contributed by atoms with Gasteiger partial charge in [-0.15, -0.1) is 0 Å². The molecule has 1 heterocycles. The molecule has 0 atom stereocenters. The summed E-state index contributed by atoms with van der Waals surface area (Å²) in [4.78, 5) is 4.32. The number of benzene rings is 1. The number of rotatable bonds is 1. The second-order valence-electron chi connectivity index (χ2n) is 4.21. The Kier molecular flexibility index (Phi) is 2.35. The van der Waals surface area contributed by atoms with Crippen molar-refractivity contribution in [1.29, 1.82) is 0 Å². The van der Waals surface area contributed by atoms with Crippen molar-refractivity contribution in [2.24, 2.45) is 4.99 Å². The van der Waals surface area contributed by atoms with Crippen molar-refractivity contribution < 1.29 is 4.74 Å². The molecule has 0 radical (unpaired) electrons. The van der Waals surface area contributed by atoms with Crippen molar-refractivity contribution in [3.05, 3.63) is 28.8 Å². The largest absolute Gasteiger partial charge is 0.469 e. The molecule has 15 heavy (non-hydrogen) atoms. The molecule has 0 amide bonds. The molecular formula is C11H13ClN2O. The molecule has 0 bridgehead atoms. The molecule has 2 rings (SSSR count). The van der Waals surface area contributed by atoms with Crippen LogP contribution in [0.3, 0.4) is 0 Å². The molecule has 0 aromatic heterocycles. The second kappa shape index (κ2) is 3.42. The topological polar surface area (TPSA) is 47.6 Å². The first-order valence-corrected chi connectivity index (χ1v) is 5.15. The van der Waals surface area contributed by atoms with E-state index in [4.69, 9.17) is 22.1 Å². The fraction of sp³-hybridized carbons (Fsp3) is 0.364. The van der Waals surface area contributed by atoms with Gasteiger partial charge < -0.3 is 10.5 Å². The number of nitrogen functional groups attached to an aromatic ring is 1. The van der Waals surface area contributed by atoms with E-state index in [-0.39, 0.29) is 5.60 Å². The van der Waals surface area contributed by atoms with Crippen molar-refractivity contribution in [3.63, 3.8) is 0 Å². The van der Waals surface area contributed by atoms with Crippen LogP contribution in [0.5, 0.6) is 0 Å². The zero-order chi connectivity index (χ0) is 11.1. The number of nitrogens with two attached hydrogens (primary N) is 1. The number of hydrogen-bond donors (Lipinski definition) is 1. The van der Waals surface area contributed by atoms with E-state index in [0.717, 1.165) is 5.56 Å². The molecule has 1 aliphatic heterocycles. The first kappa shape index (κ1) is 10.3. The molecule has 0 saturated heterocycles. The van der Waals surface area contributed by atoms with Crippen LogP contribution in [0, 0.1) is 0 Å². The lowest BCUT2D eigenvalue weighted by Gasteiger charge is -2.17. The molecule has 0 spiro atoms. The maximum absolute atomic E-state index is 5.84. The monoisotopic (exact) mass is 224 g/mol. The SMILES string of the molecule is CC1(C)CN=C(c2ccc(Cl)cc2N)O1. The predicted molar refractivity (Wildman–Crippen MR) is 62.4 cm³/mol. The van der Waals surface area contributed by atoms with Crippen molar-refractivity contribution in [3.8, 4) is 0 Å². The van der Waals surface area contributed by atoms with E-state index in [0.29, 0.717) is 23.2 Å². The van der Waals surface area contributed by atoms with Gasteiger partial charge in [0.2, 0.25) is 5.90 Å². The van der Waals surface area contributed by atoms with Gasteiger partial charge in [0.1, 0.15) is 5.60 Å². The van der Waals surface area contributed by atoms with Crippen LogP contribution < -0.4 is 5.73 Å². The van der Waals surface area contributed by atoms with Gasteiger partial charge in [-0.2, -0.15) is 0 Å². The highest BCUT2D eigenvalue weighted by Crippen LogP contribution is 2.25. The first-order valence-electron chi connectivity index (χ1n) is 4.77. The van der Waals surface area contributed by atoms with Crippen LogP contribution in [0.1, 0.15) is 19.4 Å². The van der Waals surface area contributed by atoms with Crippen LogP contribution >= 0.6 is 11.6 Å². The summed E-state index contributed by atoms with van der Waals surface area (Å²) < 4.78 is 5.68. The summed E-state index contributed by atoms with van der Waals surface area (Å²) in [6.45, 7) is 4.65. The normalized spacial score (nSPS) is 18.5.